The lowest BCUT2D eigenvalue weighted by Crippen LogP contribution is -2.35. The monoisotopic (exact) mass is 522 g/mol. The standard InChI is InChI=1S/C30H39FN4O3/c1-8-21-15-32-16-26-27(21)22(13-20-11-12-34(17-20)29(37)38-30(4,5)6)18-35(26)25-10-9-23(31)14-24(25)28(36)33(7)19(2)3/h9-10,14-16,18-20H,8,11-13,17H2,1-7H3/t20-/m0/s1. The molecule has 1 atom stereocenters. The van der Waals surface area contributed by atoms with Crippen LogP contribution in [0.5, 0.6) is 0 Å². The number of benzene rings is 1. The van der Waals surface area contributed by atoms with E-state index in [0.717, 1.165) is 41.3 Å². The molecule has 1 saturated heterocycles. The molecule has 1 fully saturated rings. The van der Waals surface area contributed by atoms with E-state index in [1.54, 1.807) is 22.9 Å². The first kappa shape index (κ1) is 27.6. The van der Waals surface area contributed by atoms with Crippen LogP contribution >= 0.6 is 0 Å². The maximum absolute atomic E-state index is 14.4. The number of aromatic nitrogens is 2. The predicted molar refractivity (Wildman–Crippen MR) is 147 cm³/mol. The maximum atomic E-state index is 14.4. The lowest BCUT2D eigenvalue weighted by molar-refractivity contribution is 0.0288. The van der Waals surface area contributed by atoms with Crippen molar-refractivity contribution in [3.63, 3.8) is 0 Å². The Hall–Kier alpha value is -3.42. The summed E-state index contributed by atoms with van der Waals surface area (Å²) in [4.78, 5) is 33.9. The molecule has 2 amide bonds. The number of ether oxygens (including phenoxy) is 1. The van der Waals surface area contributed by atoms with E-state index in [2.05, 4.69) is 18.1 Å². The summed E-state index contributed by atoms with van der Waals surface area (Å²) in [7, 11) is 1.73. The first-order valence-electron chi connectivity index (χ1n) is 13.4. The van der Waals surface area contributed by atoms with Crippen LogP contribution in [0.2, 0.25) is 0 Å². The highest BCUT2D eigenvalue weighted by molar-refractivity contribution is 5.99. The topological polar surface area (TPSA) is 67.7 Å². The van der Waals surface area contributed by atoms with Crippen LogP contribution in [0.3, 0.4) is 0 Å². The zero-order chi connectivity index (χ0) is 27.8. The van der Waals surface area contributed by atoms with E-state index in [1.165, 1.54) is 12.1 Å². The molecule has 1 aromatic carbocycles. The number of fused-ring (bicyclic) bond motifs is 1. The Morgan fingerprint density at radius 3 is 2.61 bits per heavy atom. The van der Waals surface area contributed by atoms with Gasteiger partial charge in [-0.05, 0) is 89.1 Å². The van der Waals surface area contributed by atoms with Gasteiger partial charge < -0.3 is 19.1 Å². The number of pyridine rings is 1. The molecule has 0 spiro atoms. The Kier molecular flexibility index (Phi) is 7.81. The summed E-state index contributed by atoms with van der Waals surface area (Å²) in [5.41, 5.74) is 3.54. The van der Waals surface area contributed by atoms with Crippen LogP contribution in [0.1, 0.15) is 69.4 Å². The molecule has 0 unspecified atom stereocenters. The van der Waals surface area contributed by atoms with E-state index in [-0.39, 0.29) is 24.0 Å². The fourth-order valence-electron chi connectivity index (χ4n) is 5.07. The molecule has 0 N–H and O–H groups in total. The van der Waals surface area contributed by atoms with Gasteiger partial charge in [-0.1, -0.05) is 6.92 Å². The summed E-state index contributed by atoms with van der Waals surface area (Å²) >= 11 is 0. The Morgan fingerprint density at radius 2 is 1.95 bits per heavy atom. The minimum absolute atomic E-state index is 0.0285. The fourth-order valence-corrected chi connectivity index (χ4v) is 5.07. The van der Waals surface area contributed by atoms with Crippen LogP contribution in [0, 0.1) is 11.7 Å². The molecule has 3 heterocycles. The van der Waals surface area contributed by atoms with Gasteiger partial charge in [-0.2, -0.15) is 0 Å². The molecule has 3 aromatic rings. The van der Waals surface area contributed by atoms with Crippen molar-refractivity contribution < 1.29 is 18.7 Å². The molecule has 2 aromatic heterocycles. The van der Waals surface area contributed by atoms with Gasteiger partial charge in [0.15, 0.2) is 0 Å². The predicted octanol–water partition coefficient (Wildman–Crippen LogP) is 6.01. The van der Waals surface area contributed by atoms with Crippen molar-refractivity contribution in [1.82, 2.24) is 19.4 Å². The second kappa shape index (κ2) is 10.8. The van der Waals surface area contributed by atoms with Crippen LogP contribution < -0.4 is 0 Å². The number of hydrogen-bond donors (Lipinski definition) is 0. The molecule has 1 aliphatic heterocycles. The van der Waals surface area contributed by atoms with E-state index in [4.69, 9.17) is 4.74 Å². The van der Waals surface area contributed by atoms with Gasteiger partial charge in [0.2, 0.25) is 0 Å². The second-order valence-electron chi connectivity index (χ2n) is 11.5. The second-order valence-corrected chi connectivity index (χ2v) is 11.5. The third-order valence-electron chi connectivity index (χ3n) is 7.24. The molecule has 1 aliphatic rings. The van der Waals surface area contributed by atoms with E-state index in [9.17, 15) is 14.0 Å². The average molecular weight is 523 g/mol. The van der Waals surface area contributed by atoms with Crippen LogP contribution in [-0.2, 0) is 17.6 Å². The molecular weight excluding hydrogens is 483 g/mol. The number of carbonyl (C=O) groups is 2. The molecule has 0 aliphatic carbocycles. The third kappa shape index (κ3) is 5.69. The van der Waals surface area contributed by atoms with Gasteiger partial charge in [0.05, 0.1) is 23.0 Å². The average Bonchev–Trinajstić information content (AvgIpc) is 3.47. The van der Waals surface area contributed by atoms with Crippen molar-refractivity contribution in [3.05, 3.63) is 59.3 Å². The maximum Gasteiger partial charge on any atom is 0.410 e. The van der Waals surface area contributed by atoms with Gasteiger partial charge in [0, 0.05) is 44.0 Å². The van der Waals surface area contributed by atoms with Gasteiger partial charge in [-0.25, -0.2) is 9.18 Å². The van der Waals surface area contributed by atoms with E-state index in [0.29, 0.717) is 24.3 Å². The number of rotatable bonds is 6. The Bertz CT molecular complexity index is 1340. The number of carbonyl (C=O) groups excluding carboxylic acids is 2. The van der Waals surface area contributed by atoms with Gasteiger partial charge in [0.1, 0.15) is 11.4 Å². The molecule has 7 nitrogen and oxygen atoms in total. The highest BCUT2D eigenvalue weighted by atomic mass is 19.1. The lowest BCUT2D eigenvalue weighted by atomic mass is 9.96. The molecule has 8 heteroatoms. The van der Waals surface area contributed by atoms with Gasteiger partial charge in [0.25, 0.3) is 5.91 Å². The number of likely N-dealkylation sites (tertiary alicyclic amines) is 1. The summed E-state index contributed by atoms with van der Waals surface area (Å²) in [6, 6.07) is 4.34. The van der Waals surface area contributed by atoms with Crippen molar-refractivity contribution in [2.75, 3.05) is 20.1 Å². The number of aryl methyl sites for hydroxylation is 1. The molecule has 4 rings (SSSR count). The van der Waals surface area contributed by atoms with Crippen molar-refractivity contribution in [2.24, 2.45) is 5.92 Å². The number of hydrogen-bond acceptors (Lipinski definition) is 4. The fraction of sp³-hybridized carbons (Fsp3) is 0.500. The highest BCUT2D eigenvalue weighted by Gasteiger charge is 2.31. The SMILES string of the molecule is CCc1cncc2c1c(C[C@@H]1CCN(C(=O)OC(C)(C)C)C1)cn2-c1ccc(F)cc1C(=O)N(C)C(C)C. The first-order valence-corrected chi connectivity index (χ1v) is 13.4. The van der Waals surface area contributed by atoms with Gasteiger partial charge >= 0.3 is 6.09 Å². The Labute approximate surface area is 224 Å². The molecule has 0 saturated carbocycles. The Morgan fingerprint density at radius 1 is 1.21 bits per heavy atom. The summed E-state index contributed by atoms with van der Waals surface area (Å²) in [5, 5.41) is 1.11. The van der Waals surface area contributed by atoms with Crippen molar-refractivity contribution in [1.29, 1.82) is 0 Å². The molecule has 0 radical (unpaired) electrons. The molecule has 38 heavy (non-hydrogen) atoms. The van der Waals surface area contributed by atoms with Crippen molar-refractivity contribution in [2.45, 2.75) is 72.4 Å². The van der Waals surface area contributed by atoms with Gasteiger partial charge in [-0.3, -0.25) is 9.78 Å². The van der Waals surface area contributed by atoms with Gasteiger partial charge in [-0.15, -0.1) is 0 Å². The Balaban J connectivity index is 1.73. The first-order chi connectivity index (χ1) is 17.9. The quantitative estimate of drug-likeness (QED) is 0.398. The largest absolute Gasteiger partial charge is 0.444 e. The van der Waals surface area contributed by atoms with E-state index < -0.39 is 11.4 Å². The smallest absolute Gasteiger partial charge is 0.410 e. The zero-order valence-electron chi connectivity index (χ0n) is 23.5. The van der Waals surface area contributed by atoms with Crippen LogP contribution in [0.15, 0.2) is 36.8 Å². The molecular formula is C30H39FN4O3. The zero-order valence-corrected chi connectivity index (χ0v) is 23.5. The normalized spacial score (nSPS) is 15.9. The molecule has 204 valence electrons. The van der Waals surface area contributed by atoms with E-state index >= 15 is 0 Å². The molecule has 0 bridgehead atoms. The highest BCUT2D eigenvalue weighted by Crippen LogP contribution is 2.33. The van der Waals surface area contributed by atoms with Crippen molar-refractivity contribution >= 4 is 22.9 Å². The van der Waals surface area contributed by atoms with E-state index in [1.807, 2.05) is 51.6 Å². The minimum Gasteiger partial charge on any atom is -0.444 e. The summed E-state index contributed by atoms with van der Waals surface area (Å²) in [6.45, 7) is 12.9. The number of amides is 2. The number of halogens is 1. The minimum atomic E-state index is -0.528. The van der Waals surface area contributed by atoms with Crippen LogP contribution in [0.25, 0.3) is 16.6 Å². The van der Waals surface area contributed by atoms with Crippen LogP contribution in [0.4, 0.5) is 9.18 Å². The number of nitrogens with zero attached hydrogens (tertiary/aromatic N) is 4. The summed E-state index contributed by atoms with van der Waals surface area (Å²) in [5.74, 6) is -0.409. The van der Waals surface area contributed by atoms with Crippen LogP contribution in [-0.4, -0.2) is 63.1 Å². The third-order valence-corrected chi connectivity index (χ3v) is 7.24. The summed E-state index contributed by atoms with van der Waals surface area (Å²) < 4.78 is 21.9. The lowest BCUT2D eigenvalue weighted by Gasteiger charge is -2.24. The van der Waals surface area contributed by atoms with Crippen molar-refractivity contribution in [3.8, 4) is 5.69 Å². The summed E-state index contributed by atoms with van der Waals surface area (Å²) in [6.07, 6.45) is 7.95.